The molecule has 1 aromatic carbocycles. The largest absolute Gasteiger partial charge is 0.459 e. The Morgan fingerprint density at radius 1 is 1.24 bits per heavy atom. The molecule has 0 fully saturated rings. The Kier molecular flexibility index (Phi) is 4.09. The normalized spacial score (nSPS) is 13.3. The fourth-order valence-electron chi connectivity index (χ4n) is 1.21. The molecule has 1 atom stereocenters. The van der Waals surface area contributed by atoms with E-state index in [0.29, 0.717) is 6.07 Å². The average molecular weight is 263 g/mol. The number of halogens is 3. The quantitative estimate of drug-likeness (QED) is 0.601. The Hall–Kier alpha value is -1.16. The summed E-state index contributed by atoms with van der Waals surface area (Å²) in [5.41, 5.74) is -0.658. The topological polar surface area (TPSA) is 26.3 Å². The fourth-order valence-corrected chi connectivity index (χ4v) is 1.38. The number of benzene rings is 1. The Balaban J connectivity index is 2.89. The van der Waals surface area contributed by atoms with Gasteiger partial charge >= 0.3 is 5.97 Å². The molecule has 0 saturated carbocycles. The van der Waals surface area contributed by atoms with Crippen LogP contribution in [0.3, 0.4) is 0 Å². The van der Waals surface area contributed by atoms with Crippen LogP contribution in [0.15, 0.2) is 18.2 Å². The van der Waals surface area contributed by atoms with Crippen LogP contribution in [0.25, 0.3) is 0 Å². The van der Waals surface area contributed by atoms with Gasteiger partial charge in [-0.2, -0.15) is 0 Å². The van der Waals surface area contributed by atoms with E-state index < -0.39 is 28.6 Å². The number of rotatable bonds is 2. The number of ether oxygens (including phenoxy) is 1. The van der Waals surface area contributed by atoms with Gasteiger partial charge in [-0.05, 0) is 38.5 Å². The highest BCUT2D eigenvalue weighted by Crippen LogP contribution is 2.25. The molecular weight excluding hydrogens is 250 g/mol. The van der Waals surface area contributed by atoms with Gasteiger partial charge in [0.1, 0.15) is 17.2 Å². The molecule has 0 N–H and O–H groups in total. The van der Waals surface area contributed by atoms with Gasteiger partial charge in [0.15, 0.2) is 5.38 Å². The molecular formula is C12H13ClF2O2. The first-order valence-corrected chi connectivity index (χ1v) is 5.45. The van der Waals surface area contributed by atoms with Crippen molar-refractivity contribution in [1.29, 1.82) is 0 Å². The van der Waals surface area contributed by atoms with Gasteiger partial charge in [-0.25, -0.2) is 8.78 Å². The van der Waals surface area contributed by atoms with Gasteiger partial charge in [-0.3, -0.25) is 4.79 Å². The molecule has 0 spiro atoms. The van der Waals surface area contributed by atoms with Gasteiger partial charge in [0.05, 0.1) is 0 Å². The third-order valence-electron chi connectivity index (χ3n) is 1.79. The minimum atomic E-state index is -1.22. The van der Waals surface area contributed by atoms with Crippen LogP contribution in [0.2, 0.25) is 0 Å². The number of hydrogen-bond donors (Lipinski definition) is 0. The van der Waals surface area contributed by atoms with Gasteiger partial charge in [-0.1, -0.05) is 0 Å². The molecule has 2 nitrogen and oxygen atoms in total. The van der Waals surface area contributed by atoms with Gasteiger partial charge < -0.3 is 4.74 Å². The minimum Gasteiger partial charge on any atom is -0.459 e. The van der Waals surface area contributed by atoms with E-state index in [9.17, 15) is 13.6 Å². The van der Waals surface area contributed by atoms with Crippen molar-refractivity contribution >= 4 is 17.6 Å². The van der Waals surface area contributed by atoms with E-state index >= 15 is 0 Å². The standard InChI is InChI=1S/C12H13ClF2O2/c1-12(2,3)17-11(16)10(13)7-4-8(14)6-9(15)5-7/h4-6,10H,1-3H3. The highest BCUT2D eigenvalue weighted by Gasteiger charge is 2.25. The van der Waals surface area contributed by atoms with Crippen molar-refractivity contribution in [1.82, 2.24) is 0 Å². The van der Waals surface area contributed by atoms with E-state index in [1.807, 2.05) is 0 Å². The third kappa shape index (κ3) is 4.30. The van der Waals surface area contributed by atoms with E-state index in [1.54, 1.807) is 20.8 Å². The SMILES string of the molecule is CC(C)(C)OC(=O)C(Cl)c1cc(F)cc(F)c1. The van der Waals surface area contributed by atoms with Crippen molar-refractivity contribution in [2.75, 3.05) is 0 Å². The van der Waals surface area contributed by atoms with Gasteiger partial charge in [-0.15, -0.1) is 11.6 Å². The number of alkyl halides is 1. The highest BCUT2D eigenvalue weighted by atomic mass is 35.5. The minimum absolute atomic E-state index is 0.0402. The predicted octanol–water partition coefficient (Wildman–Crippen LogP) is 3.59. The summed E-state index contributed by atoms with van der Waals surface area (Å²) in [6, 6.07) is 2.72. The van der Waals surface area contributed by atoms with Crippen LogP contribution in [0.5, 0.6) is 0 Å². The fraction of sp³-hybridized carbons (Fsp3) is 0.417. The molecule has 0 aliphatic heterocycles. The predicted molar refractivity (Wildman–Crippen MR) is 60.8 cm³/mol. The van der Waals surface area contributed by atoms with E-state index in [4.69, 9.17) is 16.3 Å². The molecule has 94 valence electrons. The lowest BCUT2D eigenvalue weighted by Gasteiger charge is -2.21. The molecule has 0 aromatic heterocycles. The maximum Gasteiger partial charge on any atom is 0.329 e. The number of carbonyl (C=O) groups is 1. The van der Waals surface area contributed by atoms with Crippen LogP contribution in [0, 0.1) is 11.6 Å². The zero-order chi connectivity index (χ0) is 13.2. The molecule has 0 aliphatic rings. The Morgan fingerprint density at radius 2 is 1.71 bits per heavy atom. The summed E-state index contributed by atoms with van der Waals surface area (Å²) in [6.45, 7) is 5.04. The maximum atomic E-state index is 12.9. The second-order valence-electron chi connectivity index (χ2n) is 4.60. The van der Waals surface area contributed by atoms with Crippen LogP contribution >= 0.6 is 11.6 Å². The summed E-state index contributed by atoms with van der Waals surface area (Å²) in [5, 5.41) is -1.22. The van der Waals surface area contributed by atoms with Crippen LogP contribution in [0.1, 0.15) is 31.7 Å². The maximum absolute atomic E-state index is 12.9. The zero-order valence-electron chi connectivity index (χ0n) is 9.76. The summed E-state index contributed by atoms with van der Waals surface area (Å²) in [6.07, 6.45) is 0. The van der Waals surface area contributed by atoms with E-state index in [-0.39, 0.29) is 5.56 Å². The molecule has 1 unspecified atom stereocenters. The lowest BCUT2D eigenvalue weighted by molar-refractivity contribution is -0.154. The summed E-state index contributed by atoms with van der Waals surface area (Å²) in [4.78, 5) is 11.6. The second kappa shape index (κ2) is 5.00. The molecule has 5 heteroatoms. The zero-order valence-corrected chi connectivity index (χ0v) is 10.5. The summed E-state index contributed by atoms with van der Waals surface area (Å²) < 4.78 is 30.9. The van der Waals surface area contributed by atoms with Crippen molar-refractivity contribution in [3.8, 4) is 0 Å². The van der Waals surface area contributed by atoms with Crippen LogP contribution in [-0.2, 0) is 9.53 Å². The lowest BCUT2D eigenvalue weighted by atomic mass is 10.1. The molecule has 0 heterocycles. The number of esters is 1. The molecule has 17 heavy (non-hydrogen) atoms. The number of carbonyl (C=O) groups excluding carboxylic acids is 1. The van der Waals surface area contributed by atoms with E-state index in [0.717, 1.165) is 12.1 Å². The summed E-state index contributed by atoms with van der Waals surface area (Å²) >= 11 is 5.80. The van der Waals surface area contributed by atoms with Crippen molar-refractivity contribution in [3.63, 3.8) is 0 Å². The first-order valence-electron chi connectivity index (χ1n) is 5.02. The second-order valence-corrected chi connectivity index (χ2v) is 5.04. The summed E-state index contributed by atoms with van der Waals surface area (Å²) in [7, 11) is 0. The van der Waals surface area contributed by atoms with Crippen LogP contribution < -0.4 is 0 Å². The molecule has 0 aliphatic carbocycles. The molecule has 1 aromatic rings. The number of hydrogen-bond acceptors (Lipinski definition) is 2. The highest BCUT2D eigenvalue weighted by molar-refractivity contribution is 6.29. The third-order valence-corrected chi connectivity index (χ3v) is 2.22. The van der Waals surface area contributed by atoms with Gasteiger partial charge in [0.25, 0.3) is 0 Å². The van der Waals surface area contributed by atoms with Crippen LogP contribution in [0.4, 0.5) is 8.78 Å². The molecule has 0 radical (unpaired) electrons. The Morgan fingerprint density at radius 3 is 2.12 bits per heavy atom. The Bertz CT molecular complexity index is 407. The first kappa shape index (κ1) is 13.9. The van der Waals surface area contributed by atoms with Gasteiger partial charge in [0, 0.05) is 6.07 Å². The van der Waals surface area contributed by atoms with Crippen molar-refractivity contribution in [2.24, 2.45) is 0 Å². The monoisotopic (exact) mass is 262 g/mol. The lowest BCUT2D eigenvalue weighted by Crippen LogP contribution is -2.26. The van der Waals surface area contributed by atoms with Crippen LogP contribution in [-0.4, -0.2) is 11.6 Å². The first-order chi connectivity index (χ1) is 7.69. The molecule has 0 amide bonds. The van der Waals surface area contributed by atoms with Gasteiger partial charge in [0.2, 0.25) is 0 Å². The average Bonchev–Trinajstić information content (AvgIpc) is 2.12. The van der Waals surface area contributed by atoms with Crippen molar-refractivity contribution < 1.29 is 18.3 Å². The molecule has 0 bridgehead atoms. The van der Waals surface area contributed by atoms with E-state index in [2.05, 4.69) is 0 Å². The summed E-state index contributed by atoms with van der Waals surface area (Å²) in [5.74, 6) is -2.30. The smallest absolute Gasteiger partial charge is 0.329 e. The van der Waals surface area contributed by atoms with Crippen molar-refractivity contribution in [3.05, 3.63) is 35.4 Å². The molecule has 1 rings (SSSR count). The van der Waals surface area contributed by atoms with Crippen molar-refractivity contribution in [2.45, 2.75) is 31.7 Å². The Labute approximate surface area is 104 Å². The molecule has 0 saturated heterocycles. The van der Waals surface area contributed by atoms with E-state index in [1.165, 1.54) is 0 Å².